The van der Waals surface area contributed by atoms with Crippen LogP contribution in [0.2, 0.25) is 0 Å². The van der Waals surface area contributed by atoms with E-state index in [0.717, 1.165) is 0 Å². The maximum absolute atomic E-state index is 12.6. The molecule has 0 spiro atoms. The first kappa shape index (κ1) is 15.2. The molecule has 5 nitrogen and oxygen atoms in total. The van der Waals surface area contributed by atoms with Crippen molar-refractivity contribution < 1.29 is 17.9 Å². The lowest BCUT2D eigenvalue weighted by molar-refractivity contribution is -0.00461. The van der Waals surface area contributed by atoms with Crippen molar-refractivity contribution in [2.45, 2.75) is 23.0 Å². The second-order valence-electron chi connectivity index (χ2n) is 4.21. The van der Waals surface area contributed by atoms with E-state index in [-0.39, 0.29) is 18.1 Å². The smallest absolute Gasteiger partial charge is 0.244 e. The Morgan fingerprint density at radius 1 is 1.37 bits per heavy atom. The third-order valence-electron chi connectivity index (χ3n) is 3.23. The highest BCUT2D eigenvalue weighted by Crippen LogP contribution is 2.29. The maximum atomic E-state index is 12.6. The Kier molecular flexibility index (Phi) is 4.86. The lowest BCUT2D eigenvalue weighted by Gasteiger charge is -2.15. The van der Waals surface area contributed by atoms with E-state index in [1.807, 2.05) is 0 Å². The SMILES string of the molecule is COC1CN(S(=O)(=O)c2ccsc2CCl)CC1OC. The van der Waals surface area contributed by atoms with Crippen LogP contribution in [0.1, 0.15) is 4.88 Å². The van der Waals surface area contributed by atoms with E-state index in [9.17, 15) is 8.42 Å². The van der Waals surface area contributed by atoms with Crippen molar-refractivity contribution in [2.75, 3.05) is 27.3 Å². The fourth-order valence-electron chi connectivity index (χ4n) is 2.16. The van der Waals surface area contributed by atoms with Gasteiger partial charge in [0.2, 0.25) is 10.0 Å². The van der Waals surface area contributed by atoms with E-state index in [1.165, 1.54) is 15.6 Å². The van der Waals surface area contributed by atoms with Crippen molar-refractivity contribution in [3.63, 3.8) is 0 Å². The second-order valence-corrected chi connectivity index (χ2v) is 7.39. The van der Waals surface area contributed by atoms with Crippen molar-refractivity contribution in [3.8, 4) is 0 Å². The minimum atomic E-state index is -3.52. The van der Waals surface area contributed by atoms with Crippen LogP contribution >= 0.6 is 22.9 Å². The average molecular weight is 326 g/mol. The molecule has 2 atom stereocenters. The van der Waals surface area contributed by atoms with E-state index in [0.29, 0.717) is 22.9 Å². The maximum Gasteiger partial charge on any atom is 0.244 e. The van der Waals surface area contributed by atoms with Crippen LogP contribution < -0.4 is 0 Å². The molecule has 19 heavy (non-hydrogen) atoms. The van der Waals surface area contributed by atoms with Gasteiger partial charge in [0.05, 0.1) is 23.0 Å². The molecule has 0 bridgehead atoms. The molecule has 1 saturated heterocycles. The molecule has 1 aromatic heterocycles. The zero-order chi connectivity index (χ0) is 14.0. The van der Waals surface area contributed by atoms with E-state index in [2.05, 4.69) is 0 Å². The number of alkyl halides is 1. The summed E-state index contributed by atoms with van der Waals surface area (Å²) in [5.41, 5.74) is 0. The van der Waals surface area contributed by atoms with Crippen molar-refractivity contribution >= 4 is 33.0 Å². The summed E-state index contributed by atoms with van der Waals surface area (Å²) in [5, 5.41) is 1.74. The molecule has 8 heteroatoms. The summed E-state index contributed by atoms with van der Waals surface area (Å²) in [6.45, 7) is 0.601. The number of thiophene rings is 1. The van der Waals surface area contributed by atoms with Gasteiger partial charge in [0.1, 0.15) is 0 Å². The summed E-state index contributed by atoms with van der Waals surface area (Å²) in [4.78, 5) is 0.954. The van der Waals surface area contributed by atoms with Gasteiger partial charge in [-0.3, -0.25) is 0 Å². The van der Waals surface area contributed by atoms with Gasteiger partial charge in [0.25, 0.3) is 0 Å². The predicted octanol–water partition coefficient (Wildman–Crippen LogP) is 1.52. The molecule has 2 unspecified atom stereocenters. The van der Waals surface area contributed by atoms with Gasteiger partial charge in [-0.15, -0.1) is 22.9 Å². The monoisotopic (exact) mass is 325 g/mol. The van der Waals surface area contributed by atoms with E-state index in [4.69, 9.17) is 21.1 Å². The number of hydrogen-bond donors (Lipinski definition) is 0. The summed E-state index contributed by atoms with van der Waals surface area (Å²) in [6.07, 6.45) is -0.476. The standard InChI is InChI=1S/C11H16ClNO4S2/c1-16-8-6-13(7-9(8)17-2)19(14,15)11-3-4-18-10(11)5-12/h3-4,8-9H,5-7H2,1-2H3. The number of sulfonamides is 1. The third kappa shape index (κ3) is 2.81. The first-order chi connectivity index (χ1) is 9.04. The Morgan fingerprint density at radius 2 is 1.95 bits per heavy atom. The number of methoxy groups -OCH3 is 2. The van der Waals surface area contributed by atoms with Gasteiger partial charge in [-0.2, -0.15) is 4.31 Å². The number of halogens is 1. The Morgan fingerprint density at radius 3 is 2.42 bits per heavy atom. The molecule has 0 amide bonds. The Hall–Kier alpha value is -0.180. The first-order valence-electron chi connectivity index (χ1n) is 5.72. The topological polar surface area (TPSA) is 55.8 Å². The largest absolute Gasteiger partial charge is 0.377 e. The molecule has 0 aromatic carbocycles. The fourth-order valence-corrected chi connectivity index (χ4v) is 5.29. The molecule has 1 aliphatic heterocycles. The molecule has 0 aliphatic carbocycles. The zero-order valence-electron chi connectivity index (χ0n) is 10.7. The highest BCUT2D eigenvalue weighted by molar-refractivity contribution is 7.89. The molecular weight excluding hydrogens is 310 g/mol. The van der Waals surface area contributed by atoms with Crippen LogP contribution in [0.25, 0.3) is 0 Å². The molecule has 0 radical (unpaired) electrons. The summed E-state index contributed by atoms with van der Waals surface area (Å²) >= 11 is 7.12. The van der Waals surface area contributed by atoms with Crippen molar-refractivity contribution in [1.29, 1.82) is 0 Å². The van der Waals surface area contributed by atoms with Gasteiger partial charge in [-0.1, -0.05) is 0 Å². The Labute approximate surface area is 122 Å². The predicted molar refractivity (Wildman–Crippen MR) is 74.2 cm³/mol. The summed E-state index contributed by atoms with van der Waals surface area (Å²) < 4.78 is 37.0. The Bertz CT molecular complexity index is 519. The first-order valence-corrected chi connectivity index (χ1v) is 8.58. The van der Waals surface area contributed by atoms with E-state index >= 15 is 0 Å². The van der Waals surface area contributed by atoms with E-state index < -0.39 is 10.0 Å². The average Bonchev–Trinajstić information content (AvgIpc) is 3.04. The van der Waals surface area contributed by atoms with Gasteiger partial charge in [0, 0.05) is 32.2 Å². The van der Waals surface area contributed by atoms with Gasteiger partial charge < -0.3 is 9.47 Å². The van der Waals surface area contributed by atoms with Gasteiger partial charge >= 0.3 is 0 Å². The molecule has 0 saturated carbocycles. The van der Waals surface area contributed by atoms with E-state index in [1.54, 1.807) is 25.7 Å². The van der Waals surface area contributed by atoms with Gasteiger partial charge in [-0.25, -0.2) is 8.42 Å². The number of rotatable bonds is 5. The molecule has 1 fully saturated rings. The van der Waals surface area contributed by atoms with Crippen molar-refractivity contribution in [2.24, 2.45) is 0 Å². The molecule has 0 N–H and O–H groups in total. The third-order valence-corrected chi connectivity index (χ3v) is 6.62. The van der Waals surface area contributed by atoms with Crippen LogP contribution in [0, 0.1) is 0 Å². The minimum absolute atomic E-state index is 0.196. The molecule has 2 rings (SSSR count). The van der Waals surface area contributed by atoms with Crippen LogP contribution in [0.15, 0.2) is 16.3 Å². The normalized spacial score (nSPS) is 25.0. The summed E-state index contributed by atoms with van der Waals surface area (Å²) in [6, 6.07) is 1.60. The highest BCUT2D eigenvalue weighted by Gasteiger charge is 2.40. The number of nitrogens with zero attached hydrogens (tertiary/aromatic N) is 1. The quantitative estimate of drug-likeness (QED) is 0.770. The Balaban J connectivity index is 2.27. The van der Waals surface area contributed by atoms with Crippen LogP contribution in [0.3, 0.4) is 0 Å². The molecule has 1 aromatic rings. The highest BCUT2D eigenvalue weighted by atomic mass is 35.5. The minimum Gasteiger partial charge on any atom is -0.377 e. The lowest BCUT2D eigenvalue weighted by atomic mass is 10.3. The van der Waals surface area contributed by atoms with Crippen LogP contribution in [-0.4, -0.2) is 52.2 Å². The van der Waals surface area contributed by atoms with Crippen molar-refractivity contribution in [3.05, 3.63) is 16.3 Å². The van der Waals surface area contributed by atoms with Gasteiger partial charge in [-0.05, 0) is 11.4 Å². The molecule has 1 aliphatic rings. The number of hydrogen-bond acceptors (Lipinski definition) is 5. The molecular formula is C11H16ClNO4S2. The summed E-state index contributed by atoms with van der Waals surface area (Å²) in [7, 11) is -0.411. The van der Waals surface area contributed by atoms with Crippen LogP contribution in [-0.2, 0) is 25.4 Å². The second kappa shape index (κ2) is 6.07. The summed E-state index contributed by atoms with van der Waals surface area (Å²) in [5.74, 6) is 0.196. The van der Waals surface area contributed by atoms with Crippen LogP contribution in [0.4, 0.5) is 0 Å². The van der Waals surface area contributed by atoms with Gasteiger partial charge in [0.15, 0.2) is 0 Å². The number of ether oxygens (including phenoxy) is 2. The zero-order valence-corrected chi connectivity index (χ0v) is 13.1. The van der Waals surface area contributed by atoms with Crippen LogP contribution in [0.5, 0.6) is 0 Å². The molecule has 108 valence electrons. The fraction of sp³-hybridized carbons (Fsp3) is 0.636. The molecule has 2 heterocycles. The lowest BCUT2D eigenvalue weighted by Crippen LogP contribution is -2.30. The van der Waals surface area contributed by atoms with Crippen molar-refractivity contribution in [1.82, 2.24) is 4.31 Å².